The maximum absolute atomic E-state index is 13.2. The molecular weight excluding hydrogens is 836 g/mol. The van der Waals surface area contributed by atoms with Crippen molar-refractivity contribution >= 4 is 79.9 Å². The minimum atomic E-state index is -0.363. The molecule has 4 aromatic carbocycles. The zero-order valence-electron chi connectivity index (χ0n) is 35.6. The summed E-state index contributed by atoms with van der Waals surface area (Å²) >= 11 is 7.49. The molecule has 12 nitrogen and oxygen atoms in total. The van der Waals surface area contributed by atoms with Crippen molar-refractivity contribution in [2.24, 2.45) is 11.8 Å². The van der Waals surface area contributed by atoms with Crippen molar-refractivity contribution in [3.8, 4) is 0 Å². The summed E-state index contributed by atoms with van der Waals surface area (Å²) in [5.74, 6) is -0.450. The number of amides is 4. The molecule has 2 fully saturated rings. The van der Waals surface area contributed by atoms with Crippen LogP contribution in [0.3, 0.4) is 0 Å². The highest BCUT2D eigenvalue weighted by Gasteiger charge is 2.23. The lowest BCUT2D eigenvalue weighted by atomic mass is 10.00. The van der Waals surface area contributed by atoms with Gasteiger partial charge in [0.05, 0.1) is 16.4 Å². The first-order valence-electron chi connectivity index (χ1n) is 21.1. The monoisotopic (exact) mass is 886 g/mol. The van der Waals surface area contributed by atoms with Crippen molar-refractivity contribution in [2.75, 3.05) is 56.4 Å². The van der Waals surface area contributed by atoms with Gasteiger partial charge in [-0.2, -0.15) is 0 Å². The molecule has 6 aromatic rings. The smallest absolute Gasteiger partial charge is 0.272 e. The molecule has 4 heterocycles. The SMILES string of the molecule is CSc1ccc(NC(=O)c2ccc(C)c3ccccc23)c(C(=O)NCC2CCOCC2)n1.Cc1ccc(C(=O)Nc2ccc(Cl)nc2C(=O)NCC2CCOCC2)c2ccccc12. The van der Waals surface area contributed by atoms with Gasteiger partial charge in [-0.05, 0) is 127 Å². The van der Waals surface area contributed by atoms with Crippen LogP contribution in [-0.4, -0.2) is 79.4 Å². The number of fused-ring (bicyclic) bond motifs is 2. The van der Waals surface area contributed by atoms with E-state index < -0.39 is 0 Å². The van der Waals surface area contributed by atoms with Crippen LogP contribution in [0.25, 0.3) is 21.5 Å². The Morgan fingerprint density at radius 3 is 1.46 bits per heavy atom. The zero-order valence-corrected chi connectivity index (χ0v) is 37.2. The van der Waals surface area contributed by atoms with Gasteiger partial charge in [-0.3, -0.25) is 19.2 Å². The van der Waals surface area contributed by atoms with Crippen LogP contribution >= 0.6 is 23.4 Å². The number of aromatic nitrogens is 2. The number of nitrogens with zero attached hydrogens (tertiary/aromatic N) is 2. The van der Waals surface area contributed by atoms with E-state index >= 15 is 0 Å². The number of carbonyl (C=O) groups is 4. The van der Waals surface area contributed by atoms with Crippen molar-refractivity contribution in [3.05, 3.63) is 136 Å². The molecule has 2 aliphatic heterocycles. The Labute approximate surface area is 376 Å². The molecule has 4 amide bonds. The Balaban J connectivity index is 0.000000189. The summed E-state index contributed by atoms with van der Waals surface area (Å²) in [7, 11) is 0. The quantitative estimate of drug-likeness (QED) is 0.0735. The van der Waals surface area contributed by atoms with E-state index in [9.17, 15) is 19.2 Å². The second kappa shape index (κ2) is 21.5. The number of nitrogens with one attached hydrogen (secondary N) is 4. The highest BCUT2D eigenvalue weighted by molar-refractivity contribution is 7.98. The minimum absolute atomic E-state index is 0.101. The third-order valence-corrected chi connectivity index (χ3v) is 12.3. The number of thioether (sulfide) groups is 1. The van der Waals surface area contributed by atoms with Gasteiger partial charge in [-0.25, -0.2) is 9.97 Å². The van der Waals surface area contributed by atoms with Gasteiger partial charge >= 0.3 is 0 Å². The molecule has 2 saturated heterocycles. The largest absolute Gasteiger partial charge is 0.381 e. The number of carbonyl (C=O) groups excluding carboxylic acids is 4. The Morgan fingerprint density at radius 2 is 1.00 bits per heavy atom. The molecule has 63 heavy (non-hydrogen) atoms. The first-order chi connectivity index (χ1) is 30.6. The zero-order chi connectivity index (χ0) is 44.3. The summed E-state index contributed by atoms with van der Waals surface area (Å²) in [6.07, 6.45) is 5.59. The molecule has 0 saturated carbocycles. The van der Waals surface area contributed by atoms with Gasteiger partial charge < -0.3 is 30.7 Å². The summed E-state index contributed by atoms with van der Waals surface area (Å²) in [5, 5.41) is 16.4. The van der Waals surface area contributed by atoms with E-state index in [1.807, 2.05) is 92.9 Å². The fraction of sp³-hybridized carbons (Fsp3) is 0.306. The Bertz CT molecular complexity index is 2630. The molecule has 0 aliphatic carbocycles. The maximum atomic E-state index is 13.2. The number of hydrogen-bond acceptors (Lipinski definition) is 9. The Kier molecular flexibility index (Phi) is 15.4. The van der Waals surface area contributed by atoms with Crippen LogP contribution in [0.15, 0.2) is 102 Å². The number of pyridine rings is 2. The fourth-order valence-corrected chi connectivity index (χ4v) is 8.29. The summed E-state index contributed by atoms with van der Waals surface area (Å²) in [4.78, 5) is 60.7. The van der Waals surface area contributed by atoms with Gasteiger partial charge in [0, 0.05) is 50.6 Å². The molecule has 0 atom stereocenters. The van der Waals surface area contributed by atoms with E-state index in [1.54, 1.807) is 24.3 Å². The normalized spacial score (nSPS) is 14.3. The lowest BCUT2D eigenvalue weighted by Crippen LogP contribution is -2.33. The van der Waals surface area contributed by atoms with Gasteiger partial charge in [0.2, 0.25) is 0 Å². The van der Waals surface area contributed by atoms with Gasteiger partial charge in [0.15, 0.2) is 11.4 Å². The molecule has 0 unspecified atom stereocenters. The van der Waals surface area contributed by atoms with Crippen LogP contribution < -0.4 is 21.3 Å². The number of halogens is 1. The van der Waals surface area contributed by atoms with Crippen LogP contribution in [0.4, 0.5) is 11.4 Å². The Morgan fingerprint density at radius 1 is 0.571 bits per heavy atom. The lowest BCUT2D eigenvalue weighted by Gasteiger charge is -2.22. The maximum Gasteiger partial charge on any atom is 0.272 e. The predicted octanol–water partition coefficient (Wildman–Crippen LogP) is 9.28. The average Bonchev–Trinajstić information content (AvgIpc) is 3.32. The fourth-order valence-electron chi connectivity index (χ4n) is 7.76. The molecule has 2 aliphatic rings. The van der Waals surface area contributed by atoms with E-state index in [-0.39, 0.29) is 40.2 Å². The van der Waals surface area contributed by atoms with E-state index in [0.29, 0.717) is 60.6 Å². The highest BCUT2D eigenvalue weighted by Crippen LogP contribution is 2.27. The topological polar surface area (TPSA) is 161 Å². The van der Waals surface area contributed by atoms with E-state index in [2.05, 4.69) is 31.2 Å². The molecule has 8 rings (SSSR count). The van der Waals surface area contributed by atoms with Crippen LogP contribution in [0.1, 0.15) is 78.5 Å². The number of anilines is 2. The highest BCUT2D eigenvalue weighted by atomic mass is 35.5. The Hall–Kier alpha value is -5.86. The summed E-state index contributed by atoms with van der Waals surface area (Å²) in [6.45, 7) is 8.02. The third-order valence-electron chi connectivity index (χ3n) is 11.4. The van der Waals surface area contributed by atoms with Crippen molar-refractivity contribution < 1.29 is 28.7 Å². The van der Waals surface area contributed by atoms with Crippen molar-refractivity contribution in [1.82, 2.24) is 20.6 Å². The summed E-state index contributed by atoms with van der Waals surface area (Å²) in [6, 6.07) is 29.8. The molecule has 0 spiro atoms. The standard InChI is InChI=1S/C25H27N3O3S.C24H24ClN3O3/c1-16-7-8-20(19-6-4-3-5-18(16)19)24(29)27-21-9-10-22(32-2)28-23(21)25(30)26-15-17-11-13-31-14-12-17;1-15-6-7-19(18-5-3-2-4-17(15)18)23(29)27-20-8-9-21(25)28-22(20)24(30)26-14-16-10-12-31-13-11-16/h3-10,17H,11-15H2,1-2H3,(H,26,30)(H,27,29);2-9,16H,10-14H2,1H3,(H,26,30)(H,27,29). The second-order valence-electron chi connectivity index (χ2n) is 15.7. The summed E-state index contributed by atoms with van der Waals surface area (Å²) < 4.78 is 10.7. The molecule has 2 aromatic heterocycles. The third kappa shape index (κ3) is 11.4. The molecule has 4 N–H and O–H groups in total. The number of rotatable bonds is 11. The number of benzene rings is 4. The van der Waals surface area contributed by atoms with Crippen LogP contribution in [0.2, 0.25) is 5.15 Å². The van der Waals surface area contributed by atoms with Gasteiger partial charge in [-0.15, -0.1) is 11.8 Å². The summed E-state index contributed by atoms with van der Waals surface area (Å²) in [5.41, 5.74) is 4.35. The van der Waals surface area contributed by atoms with E-state index in [0.717, 1.165) is 76.6 Å². The molecule has 0 radical (unpaired) electrons. The van der Waals surface area contributed by atoms with Crippen LogP contribution in [0.5, 0.6) is 0 Å². The molecule has 14 heteroatoms. The van der Waals surface area contributed by atoms with Gasteiger partial charge in [0.1, 0.15) is 5.15 Å². The minimum Gasteiger partial charge on any atom is -0.381 e. The number of aryl methyl sites for hydroxylation is 2. The first-order valence-corrected chi connectivity index (χ1v) is 22.7. The van der Waals surface area contributed by atoms with Crippen molar-refractivity contribution in [3.63, 3.8) is 0 Å². The van der Waals surface area contributed by atoms with E-state index in [1.165, 1.54) is 11.8 Å². The van der Waals surface area contributed by atoms with Crippen LogP contribution in [-0.2, 0) is 9.47 Å². The predicted molar refractivity (Wildman–Crippen MR) is 250 cm³/mol. The second-order valence-corrected chi connectivity index (χ2v) is 16.9. The molecular formula is C49H51ClN6O6S. The van der Waals surface area contributed by atoms with E-state index in [4.69, 9.17) is 21.1 Å². The van der Waals surface area contributed by atoms with Gasteiger partial charge in [0.25, 0.3) is 23.6 Å². The first kappa shape index (κ1) is 45.2. The number of ether oxygens (including phenoxy) is 2. The average molecular weight is 888 g/mol. The molecule has 0 bridgehead atoms. The van der Waals surface area contributed by atoms with Crippen molar-refractivity contribution in [2.45, 2.75) is 44.6 Å². The van der Waals surface area contributed by atoms with Crippen LogP contribution in [0, 0.1) is 25.7 Å². The van der Waals surface area contributed by atoms with Crippen molar-refractivity contribution in [1.29, 1.82) is 0 Å². The number of hydrogen-bond donors (Lipinski definition) is 4. The molecule has 326 valence electrons. The van der Waals surface area contributed by atoms with Gasteiger partial charge in [-0.1, -0.05) is 72.3 Å². The lowest BCUT2D eigenvalue weighted by molar-refractivity contribution is 0.0642.